The van der Waals surface area contributed by atoms with Gasteiger partial charge in [-0.15, -0.1) is 0 Å². The number of benzene rings is 1. The predicted octanol–water partition coefficient (Wildman–Crippen LogP) is 3.13. The van der Waals surface area contributed by atoms with Gasteiger partial charge in [0.1, 0.15) is 0 Å². The summed E-state index contributed by atoms with van der Waals surface area (Å²) in [5.41, 5.74) is 6.22. The molecule has 1 aromatic rings. The van der Waals surface area contributed by atoms with Crippen LogP contribution in [0.1, 0.15) is 33.1 Å². The Bertz CT molecular complexity index is 579. The van der Waals surface area contributed by atoms with Crippen molar-refractivity contribution in [1.82, 2.24) is 4.72 Å². The van der Waals surface area contributed by atoms with Crippen LogP contribution in [0, 0.1) is 11.8 Å². The van der Waals surface area contributed by atoms with Crippen LogP contribution >= 0.6 is 15.9 Å². The first-order valence-electron chi connectivity index (χ1n) is 6.85. The van der Waals surface area contributed by atoms with Crippen LogP contribution in [0.5, 0.6) is 0 Å². The van der Waals surface area contributed by atoms with E-state index in [1.165, 1.54) is 12.5 Å². The molecule has 3 N–H and O–H groups in total. The largest absolute Gasteiger partial charge is 0.398 e. The van der Waals surface area contributed by atoms with Crippen LogP contribution in [0.3, 0.4) is 0 Å². The molecule has 0 bridgehead atoms. The number of rotatable bonds is 3. The van der Waals surface area contributed by atoms with Crippen LogP contribution < -0.4 is 10.5 Å². The van der Waals surface area contributed by atoms with Crippen LogP contribution in [0.2, 0.25) is 0 Å². The smallest absolute Gasteiger partial charge is 0.240 e. The lowest BCUT2D eigenvalue weighted by Crippen LogP contribution is -2.39. The zero-order valence-corrected chi connectivity index (χ0v) is 14.2. The quantitative estimate of drug-likeness (QED) is 0.813. The third-order valence-electron chi connectivity index (χ3n) is 3.78. The molecule has 112 valence electrons. The van der Waals surface area contributed by atoms with Crippen LogP contribution in [-0.2, 0) is 10.0 Å². The highest BCUT2D eigenvalue weighted by Gasteiger charge is 2.28. The molecule has 2 atom stereocenters. The summed E-state index contributed by atoms with van der Waals surface area (Å²) in [6, 6.07) is 4.71. The second kappa shape index (κ2) is 6.03. The molecule has 0 aliphatic heterocycles. The number of hydrogen-bond acceptors (Lipinski definition) is 3. The summed E-state index contributed by atoms with van der Waals surface area (Å²) < 4.78 is 28.2. The van der Waals surface area contributed by atoms with Crippen molar-refractivity contribution in [3.8, 4) is 0 Å². The molecule has 0 radical (unpaired) electrons. The Hall–Kier alpha value is -0.590. The first-order chi connectivity index (χ1) is 9.28. The normalized spacial score (nSPS) is 27.4. The fourth-order valence-electron chi connectivity index (χ4n) is 3.01. The highest BCUT2D eigenvalue weighted by Crippen LogP contribution is 2.30. The van der Waals surface area contributed by atoms with E-state index in [1.54, 1.807) is 12.1 Å². The molecule has 1 fully saturated rings. The minimum atomic E-state index is -3.48. The Morgan fingerprint density at radius 2 is 1.80 bits per heavy atom. The van der Waals surface area contributed by atoms with Crippen molar-refractivity contribution in [1.29, 1.82) is 0 Å². The SMILES string of the molecule is CC1CC(C)CC(NS(=O)(=O)c2ccc(N)c(Br)c2)C1. The minimum Gasteiger partial charge on any atom is -0.398 e. The van der Waals surface area contributed by atoms with Gasteiger partial charge in [0.25, 0.3) is 0 Å². The standard InChI is InChI=1S/C14H21BrN2O2S/c1-9-5-10(2)7-11(6-9)17-20(18,19)12-3-4-14(16)13(15)8-12/h3-4,8-11,17H,5-7,16H2,1-2H3. The Morgan fingerprint density at radius 3 is 2.35 bits per heavy atom. The number of hydrogen-bond donors (Lipinski definition) is 2. The number of nitrogens with one attached hydrogen (secondary N) is 1. The fraction of sp³-hybridized carbons (Fsp3) is 0.571. The van der Waals surface area contributed by atoms with Gasteiger partial charge in [-0.2, -0.15) is 0 Å². The lowest BCUT2D eigenvalue weighted by molar-refractivity contribution is 0.257. The van der Waals surface area contributed by atoms with Crippen LogP contribution in [0.15, 0.2) is 27.6 Å². The zero-order chi connectivity index (χ0) is 14.9. The molecule has 2 unspecified atom stereocenters. The van der Waals surface area contributed by atoms with Crippen molar-refractivity contribution in [2.24, 2.45) is 11.8 Å². The van der Waals surface area contributed by atoms with Gasteiger partial charge in [-0.25, -0.2) is 13.1 Å². The highest BCUT2D eigenvalue weighted by atomic mass is 79.9. The number of anilines is 1. The van der Waals surface area contributed by atoms with Gasteiger partial charge in [-0.05, 0) is 65.2 Å². The van der Waals surface area contributed by atoms with E-state index in [4.69, 9.17) is 5.73 Å². The summed E-state index contributed by atoms with van der Waals surface area (Å²) in [5.74, 6) is 1.12. The Morgan fingerprint density at radius 1 is 1.20 bits per heavy atom. The monoisotopic (exact) mass is 360 g/mol. The topological polar surface area (TPSA) is 72.2 Å². The van der Waals surface area contributed by atoms with E-state index in [9.17, 15) is 8.42 Å². The van der Waals surface area contributed by atoms with Crippen LogP contribution in [-0.4, -0.2) is 14.5 Å². The van der Waals surface area contributed by atoms with E-state index in [-0.39, 0.29) is 10.9 Å². The molecule has 1 aliphatic rings. The van der Waals surface area contributed by atoms with E-state index < -0.39 is 10.0 Å². The predicted molar refractivity (Wildman–Crippen MR) is 84.8 cm³/mol. The van der Waals surface area contributed by atoms with Gasteiger partial charge in [0.2, 0.25) is 10.0 Å². The molecule has 1 saturated carbocycles. The lowest BCUT2D eigenvalue weighted by Gasteiger charge is -2.31. The van der Waals surface area contributed by atoms with Crippen molar-refractivity contribution in [2.75, 3.05) is 5.73 Å². The number of nitrogens with two attached hydrogens (primary N) is 1. The molecule has 0 aromatic heterocycles. The Kier molecular flexibility index (Phi) is 4.76. The van der Waals surface area contributed by atoms with E-state index in [0.29, 0.717) is 22.0 Å². The van der Waals surface area contributed by atoms with Gasteiger partial charge in [0.15, 0.2) is 0 Å². The van der Waals surface area contributed by atoms with Crippen molar-refractivity contribution >= 4 is 31.6 Å². The summed E-state index contributed by atoms with van der Waals surface area (Å²) >= 11 is 3.27. The van der Waals surface area contributed by atoms with Crippen LogP contribution in [0.4, 0.5) is 5.69 Å². The summed E-state index contributed by atoms with van der Waals surface area (Å²) in [6.45, 7) is 4.35. The van der Waals surface area contributed by atoms with Gasteiger partial charge < -0.3 is 5.73 Å². The summed E-state index contributed by atoms with van der Waals surface area (Å²) in [6.07, 6.45) is 2.98. The van der Waals surface area contributed by atoms with Crippen molar-refractivity contribution in [3.63, 3.8) is 0 Å². The minimum absolute atomic E-state index is 0.0232. The maximum Gasteiger partial charge on any atom is 0.240 e. The third kappa shape index (κ3) is 3.74. The zero-order valence-electron chi connectivity index (χ0n) is 11.8. The molecule has 20 heavy (non-hydrogen) atoms. The molecule has 0 heterocycles. The van der Waals surface area contributed by atoms with Crippen molar-refractivity contribution in [3.05, 3.63) is 22.7 Å². The highest BCUT2D eigenvalue weighted by molar-refractivity contribution is 9.10. The summed E-state index contributed by atoms with van der Waals surface area (Å²) in [4.78, 5) is 0.254. The van der Waals surface area contributed by atoms with Gasteiger partial charge in [-0.3, -0.25) is 0 Å². The van der Waals surface area contributed by atoms with Gasteiger partial charge in [0, 0.05) is 16.2 Å². The molecule has 4 nitrogen and oxygen atoms in total. The Balaban J connectivity index is 2.16. The second-order valence-corrected chi connectivity index (χ2v) is 8.49. The fourth-order valence-corrected chi connectivity index (χ4v) is 4.82. The number of halogens is 1. The molecule has 2 rings (SSSR count). The first-order valence-corrected chi connectivity index (χ1v) is 9.13. The molecule has 0 saturated heterocycles. The summed E-state index contributed by atoms with van der Waals surface area (Å²) in [5, 5.41) is 0. The van der Waals surface area contributed by atoms with Crippen molar-refractivity contribution < 1.29 is 8.42 Å². The molecule has 6 heteroatoms. The molecule has 0 amide bonds. The molecule has 1 aromatic carbocycles. The number of nitrogen functional groups attached to an aromatic ring is 1. The average molecular weight is 361 g/mol. The lowest BCUT2D eigenvalue weighted by atomic mass is 9.81. The Labute approximate surface area is 129 Å². The molecule has 0 spiro atoms. The van der Waals surface area contributed by atoms with E-state index in [0.717, 1.165) is 12.8 Å². The van der Waals surface area contributed by atoms with E-state index in [1.807, 2.05) is 0 Å². The molecular formula is C14H21BrN2O2S. The maximum absolute atomic E-state index is 12.4. The van der Waals surface area contributed by atoms with Gasteiger partial charge in [0.05, 0.1) is 4.90 Å². The third-order valence-corrected chi connectivity index (χ3v) is 5.99. The van der Waals surface area contributed by atoms with E-state index >= 15 is 0 Å². The maximum atomic E-state index is 12.4. The summed E-state index contributed by atoms with van der Waals surface area (Å²) in [7, 11) is -3.48. The molecular weight excluding hydrogens is 340 g/mol. The van der Waals surface area contributed by atoms with Crippen LogP contribution in [0.25, 0.3) is 0 Å². The van der Waals surface area contributed by atoms with E-state index in [2.05, 4.69) is 34.5 Å². The average Bonchev–Trinajstić information content (AvgIpc) is 2.30. The first kappa shape index (κ1) is 15.8. The molecule has 1 aliphatic carbocycles. The second-order valence-electron chi connectivity index (χ2n) is 5.92. The number of sulfonamides is 1. The van der Waals surface area contributed by atoms with Gasteiger partial charge in [-0.1, -0.05) is 13.8 Å². The van der Waals surface area contributed by atoms with Crippen molar-refractivity contribution in [2.45, 2.75) is 44.0 Å². The van der Waals surface area contributed by atoms with Gasteiger partial charge >= 0.3 is 0 Å².